The molecule has 2 aliphatic heterocycles. The standard InChI is InChI=1S/C23H19N3O4/c1-30-21(13-4-3-11-24-12-13)15-7-8-17-20-14(15)5-2-6-16(20)23(29)26(17)18-9-10-19(27)25-22(18)28/h2-8,11-12,18,21H,9-10H2,1H3,(H,25,27,28). The lowest BCUT2D eigenvalue weighted by Gasteiger charge is -2.30. The van der Waals surface area contributed by atoms with Crippen LogP contribution in [0.15, 0.2) is 54.9 Å². The Hall–Kier alpha value is -3.58. The van der Waals surface area contributed by atoms with E-state index in [1.807, 2.05) is 36.4 Å². The first kappa shape index (κ1) is 18.4. The van der Waals surface area contributed by atoms with E-state index in [2.05, 4.69) is 10.3 Å². The number of carbonyl (C=O) groups is 3. The minimum Gasteiger partial charge on any atom is -0.372 e. The second-order valence-electron chi connectivity index (χ2n) is 7.45. The number of hydrogen-bond donors (Lipinski definition) is 1. The first-order chi connectivity index (χ1) is 14.6. The van der Waals surface area contributed by atoms with Crippen LogP contribution in [0, 0.1) is 0 Å². The number of pyridine rings is 1. The highest BCUT2D eigenvalue weighted by Crippen LogP contribution is 2.43. The van der Waals surface area contributed by atoms with Crippen LogP contribution in [-0.2, 0) is 14.3 Å². The molecule has 0 bridgehead atoms. The van der Waals surface area contributed by atoms with Gasteiger partial charge in [-0.15, -0.1) is 0 Å². The van der Waals surface area contributed by atoms with Crippen LogP contribution < -0.4 is 10.2 Å². The molecule has 0 spiro atoms. The van der Waals surface area contributed by atoms with Crippen LogP contribution in [0.5, 0.6) is 0 Å². The normalized spacial score (nSPS) is 19.3. The molecule has 0 aliphatic carbocycles. The number of anilines is 1. The lowest BCUT2D eigenvalue weighted by molar-refractivity contribution is -0.134. The summed E-state index contributed by atoms with van der Waals surface area (Å²) in [6.45, 7) is 0. The van der Waals surface area contributed by atoms with Crippen molar-refractivity contribution in [2.45, 2.75) is 25.0 Å². The van der Waals surface area contributed by atoms with Crippen molar-refractivity contribution in [2.24, 2.45) is 0 Å². The molecule has 3 aromatic rings. The van der Waals surface area contributed by atoms with Gasteiger partial charge in [0.2, 0.25) is 11.8 Å². The number of piperidine rings is 1. The maximum absolute atomic E-state index is 13.2. The third-order valence-corrected chi connectivity index (χ3v) is 5.79. The van der Waals surface area contributed by atoms with E-state index in [0.29, 0.717) is 17.7 Å². The number of ether oxygens (including phenoxy) is 1. The second-order valence-corrected chi connectivity index (χ2v) is 7.45. The molecular weight excluding hydrogens is 382 g/mol. The maximum Gasteiger partial charge on any atom is 0.259 e. The SMILES string of the molecule is COC(c1cccnc1)c1ccc2c3c(cccc13)C(=O)N2C1CCC(=O)NC1=O. The van der Waals surface area contributed by atoms with Crippen molar-refractivity contribution in [2.75, 3.05) is 12.0 Å². The summed E-state index contributed by atoms with van der Waals surface area (Å²) in [7, 11) is 1.64. The zero-order chi connectivity index (χ0) is 20.8. The Morgan fingerprint density at radius 3 is 2.73 bits per heavy atom. The zero-order valence-corrected chi connectivity index (χ0v) is 16.3. The topological polar surface area (TPSA) is 88.6 Å². The van der Waals surface area contributed by atoms with Crippen molar-refractivity contribution < 1.29 is 19.1 Å². The molecule has 1 fully saturated rings. The first-order valence-electron chi connectivity index (χ1n) is 9.75. The highest BCUT2D eigenvalue weighted by Gasteiger charge is 2.41. The van der Waals surface area contributed by atoms with Crippen LogP contribution in [-0.4, -0.2) is 35.9 Å². The summed E-state index contributed by atoms with van der Waals surface area (Å²) in [6, 6.07) is 12.5. The fraction of sp³-hybridized carbons (Fsp3) is 0.217. The van der Waals surface area contributed by atoms with Gasteiger partial charge in [0.05, 0.1) is 5.69 Å². The van der Waals surface area contributed by atoms with Gasteiger partial charge < -0.3 is 4.74 Å². The van der Waals surface area contributed by atoms with Gasteiger partial charge in [-0.1, -0.05) is 24.3 Å². The lowest BCUT2D eigenvalue weighted by atomic mass is 9.94. The molecule has 30 heavy (non-hydrogen) atoms. The fourth-order valence-corrected chi connectivity index (χ4v) is 4.47. The Labute approximate surface area is 172 Å². The summed E-state index contributed by atoms with van der Waals surface area (Å²) in [4.78, 5) is 43.0. The van der Waals surface area contributed by atoms with E-state index in [1.54, 1.807) is 25.6 Å². The molecule has 7 heteroatoms. The summed E-state index contributed by atoms with van der Waals surface area (Å²) in [5.41, 5.74) is 3.07. The quantitative estimate of drug-likeness (QED) is 0.679. The Kier molecular flexibility index (Phi) is 4.33. The number of carbonyl (C=O) groups excluding carboxylic acids is 3. The number of nitrogens with one attached hydrogen (secondary N) is 1. The zero-order valence-electron chi connectivity index (χ0n) is 16.3. The number of nitrogens with zero attached hydrogens (tertiary/aromatic N) is 2. The Balaban J connectivity index is 1.65. The molecule has 2 unspecified atom stereocenters. The summed E-state index contributed by atoms with van der Waals surface area (Å²) in [5, 5.41) is 4.04. The summed E-state index contributed by atoms with van der Waals surface area (Å²) in [5.74, 6) is -0.965. The lowest BCUT2D eigenvalue weighted by Crippen LogP contribution is -2.53. The van der Waals surface area contributed by atoms with E-state index in [-0.39, 0.29) is 24.3 Å². The summed E-state index contributed by atoms with van der Waals surface area (Å²) >= 11 is 0. The summed E-state index contributed by atoms with van der Waals surface area (Å²) < 4.78 is 5.79. The smallest absolute Gasteiger partial charge is 0.259 e. The average molecular weight is 401 g/mol. The van der Waals surface area contributed by atoms with Crippen molar-refractivity contribution in [3.05, 3.63) is 71.5 Å². The van der Waals surface area contributed by atoms with Gasteiger partial charge >= 0.3 is 0 Å². The number of amides is 3. The van der Waals surface area contributed by atoms with Crippen molar-refractivity contribution in [3.63, 3.8) is 0 Å². The Morgan fingerprint density at radius 1 is 1.13 bits per heavy atom. The van der Waals surface area contributed by atoms with E-state index in [0.717, 1.165) is 21.9 Å². The molecule has 1 aromatic heterocycles. The molecule has 0 radical (unpaired) electrons. The van der Waals surface area contributed by atoms with E-state index in [9.17, 15) is 14.4 Å². The van der Waals surface area contributed by atoms with Gasteiger partial charge in [0, 0.05) is 42.4 Å². The predicted molar refractivity (Wildman–Crippen MR) is 110 cm³/mol. The molecule has 2 aliphatic rings. The van der Waals surface area contributed by atoms with Gasteiger partial charge in [-0.2, -0.15) is 0 Å². The number of benzene rings is 2. The minimum atomic E-state index is -0.701. The summed E-state index contributed by atoms with van der Waals surface area (Å²) in [6.07, 6.45) is 3.65. The van der Waals surface area contributed by atoms with Gasteiger partial charge in [-0.05, 0) is 35.6 Å². The third-order valence-electron chi connectivity index (χ3n) is 5.79. The molecule has 2 aromatic carbocycles. The molecular formula is C23H19N3O4. The molecule has 2 atom stereocenters. The number of hydrogen-bond acceptors (Lipinski definition) is 5. The molecule has 1 N–H and O–H groups in total. The molecule has 150 valence electrons. The van der Waals surface area contributed by atoms with Crippen molar-refractivity contribution >= 4 is 34.2 Å². The van der Waals surface area contributed by atoms with Crippen molar-refractivity contribution in [1.82, 2.24) is 10.3 Å². The van der Waals surface area contributed by atoms with E-state index in [1.165, 1.54) is 4.90 Å². The maximum atomic E-state index is 13.2. The molecule has 7 nitrogen and oxygen atoms in total. The van der Waals surface area contributed by atoms with Gasteiger partial charge in [-0.25, -0.2) is 0 Å². The average Bonchev–Trinajstić information content (AvgIpc) is 3.04. The van der Waals surface area contributed by atoms with Gasteiger partial charge in [-0.3, -0.25) is 29.6 Å². The van der Waals surface area contributed by atoms with Crippen LogP contribution in [0.1, 0.15) is 40.4 Å². The van der Waals surface area contributed by atoms with E-state index < -0.39 is 11.9 Å². The highest BCUT2D eigenvalue weighted by molar-refractivity contribution is 6.27. The monoisotopic (exact) mass is 401 g/mol. The number of imide groups is 1. The number of methoxy groups -OCH3 is 1. The van der Waals surface area contributed by atoms with E-state index in [4.69, 9.17) is 4.74 Å². The van der Waals surface area contributed by atoms with Crippen LogP contribution in [0.3, 0.4) is 0 Å². The van der Waals surface area contributed by atoms with Crippen LogP contribution in [0.4, 0.5) is 5.69 Å². The van der Waals surface area contributed by atoms with Crippen molar-refractivity contribution in [1.29, 1.82) is 0 Å². The van der Waals surface area contributed by atoms with Crippen LogP contribution in [0.25, 0.3) is 10.8 Å². The molecule has 3 amide bonds. The largest absolute Gasteiger partial charge is 0.372 e. The van der Waals surface area contributed by atoms with Crippen molar-refractivity contribution in [3.8, 4) is 0 Å². The van der Waals surface area contributed by atoms with Gasteiger partial charge in [0.1, 0.15) is 12.1 Å². The Morgan fingerprint density at radius 2 is 2.00 bits per heavy atom. The number of rotatable bonds is 4. The molecule has 5 rings (SSSR count). The Bertz CT molecular complexity index is 1190. The van der Waals surface area contributed by atoms with Gasteiger partial charge in [0.25, 0.3) is 5.91 Å². The first-order valence-corrected chi connectivity index (χ1v) is 9.75. The fourth-order valence-electron chi connectivity index (χ4n) is 4.47. The van der Waals surface area contributed by atoms with E-state index >= 15 is 0 Å². The third kappa shape index (κ3) is 2.70. The second kappa shape index (κ2) is 7.03. The minimum absolute atomic E-state index is 0.213. The van der Waals surface area contributed by atoms with Crippen LogP contribution >= 0.6 is 0 Å². The molecule has 1 saturated heterocycles. The molecule has 0 saturated carbocycles. The van der Waals surface area contributed by atoms with Gasteiger partial charge in [0.15, 0.2) is 0 Å². The highest BCUT2D eigenvalue weighted by atomic mass is 16.5. The van der Waals surface area contributed by atoms with Crippen LogP contribution in [0.2, 0.25) is 0 Å². The molecule has 3 heterocycles. The number of aromatic nitrogens is 1. The predicted octanol–water partition coefficient (Wildman–Crippen LogP) is 2.74.